The molecule has 2 aliphatic rings. The number of hydrogen-bond acceptors (Lipinski definition) is 1. The van der Waals surface area contributed by atoms with Crippen LogP contribution in [-0.4, -0.2) is 5.25 Å². The van der Waals surface area contributed by atoms with Gasteiger partial charge in [-0.15, -0.1) is 0 Å². The highest BCUT2D eigenvalue weighted by atomic mass is 32.1. The number of halogens is 2. The predicted octanol–water partition coefficient (Wildman–Crippen LogP) is 9.23. The van der Waals surface area contributed by atoms with E-state index < -0.39 is 11.7 Å². The lowest BCUT2D eigenvalue weighted by molar-refractivity contribution is 0.178. The standard InChI is InChI=1S/C26H44F2S/c1-6-24(18(4)8-7-17(2)3)26(28)25(27)19(5)20-9-11-21(12-10-20)22-13-15-23(29)16-14-22/h17-18,20-23,29H,6-16H2,1-5H3/b25-19-,26-24-. The van der Waals surface area contributed by atoms with Crippen LogP contribution in [0.25, 0.3) is 0 Å². The van der Waals surface area contributed by atoms with Gasteiger partial charge < -0.3 is 0 Å². The van der Waals surface area contributed by atoms with Crippen molar-refractivity contribution in [3.8, 4) is 0 Å². The van der Waals surface area contributed by atoms with Crippen molar-refractivity contribution in [2.75, 3.05) is 0 Å². The molecule has 0 saturated heterocycles. The molecule has 2 fully saturated rings. The Morgan fingerprint density at radius 2 is 1.34 bits per heavy atom. The summed E-state index contributed by atoms with van der Waals surface area (Å²) in [6, 6.07) is 0. The normalized spacial score (nSPS) is 31.3. The van der Waals surface area contributed by atoms with Gasteiger partial charge in [0.15, 0.2) is 11.7 Å². The molecule has 0 aromatic heterocycles. The van der Waals surface area contributed by atoms with Gasteiger partial charge in [0, 0.05) is 5.25 Å². The van der Waals surface area contributed by atoms with Crippen molar-refractivity contribution < 1.29 is 8.78 Å². The smallest absolute Gasteiger partial charge is 0.158 e. The molecule has 29 heavy (non-hydrogen) atoms. The van der Waals surface area contributed by atoms with Crippen LogP contribution in [0.5, 0.6) is 0 Å². The summed E-state index contributed by atoms with van der Waals surface area (Å²) < 4.78 is 30.2. The van der Waals surface area contributed by atoms with Crippen LogP contribution < -0.4 is 0 Å². The van der Waals surface area contributed by atoms with E-state index in [0.29, 0.717) is 28.7 Å². The van der Waals surface area contributed by atoms with Crippen molar-refractivity contribution in [2.24, 2.45) is 29.6 Å². The average molecular weight is 427 g/mol. The third-order valence-corrected chi connectivity index (χ3v) is 8.28. The zero-order valence-corrected chi connectivity index (χ0v) is 20.3. The summed E-state index contributed by atoms with van der Waals surface area (Å²) in [5.41, 5.74) is 1.32. The molecule has 2 saturated carbocycles. The molecular weight excluding hydrogens is 382 g/mol. The van der Waals surface area contributed by atoms with Gasteiger partial charge in [0.05, 0.1) is 0 Å². The van der Waals surface area contributed by atoms with Crippen molar-refractivity contribution >= 4 is 12.6 Å². The second-order valence-electron chi connectivity index (χ2n) is 10.2. The zero-order chi connectivity index (χ0) is 21.6. The Kier molecular flexibility index (Phi) is 10.3. The first-order valence-electron chi connectivity index (χ1n) is 12.2. The highest BCUT2D eigenvalue weighted by Crippen LogP contribution is 2.43. The quantitative estimate of drug-likeness (QED) is 0.290. The maximum Gasteiger partial charge on any atom is 0.158 e. The van der Waals surface area contributed by atoms with Crippen LogP contribution in [0.15, 0.2) is 22.8 Å². The number of hydrogen-bond donors (Lipinski definition) is 1. The molecule has 0 aromatic rings. The number of rotatable bonds is 8. The molecular formula is C26H44F2S. The number of thiol groups is 1. The molecule has 0 aromatic carbocycles. The minimum absolute atomic E-state index is 0.110. The molecule has 0 nitrogen and oxygen atoms in total. The Morgan fingerprint density at radius 3 is 1.83 bits per heavy atom. The van der Waals surface area contributed by atoms with Gasteiger partial charge in [0.25, 0.3) is 0 Å². The molecule has 1 unspecified atom stereocenters. The number of allylic oxidation sites excluding steroid dienone is 4. The fourth-order valence-corrected chi connectivity index (χ4v) is 5.87. The largest absolute Gasteiger partial charge is 0.204 e. The van der Waals surface area contributed by atoms with Crippen LogP contribution in [-0.2, 0) is 0 Å². The van der Waals surface area contributed by atoms with Gasteiger partial charge in [-0.2, -0.15) is 12.6 Å². The van der Waals surface area contributed by atoms with E-state index in [1.807, 2.05) is 20.8 Å². The Bertz CT molecular complexity index is 561. The SMILES string of the molecule is CC/C(=C(F)\C(F)=C(/C)C1CCC(C2CCC(S)CC2)CC1)C(C)CCC(C)C. The van der Waals surface area contributed by atoms with Gasteiger partial charge in [0.1, 0.15) is 0 Å². The van der Waals surface area contributed by atoms with Crippen molar-refractivity contribution in [1.82, 2.24) is 0 Å². The Morgan fingerprint density at radius 1 is 0.828 bits per heavy atom. The summed E-state index contributed by atoms with van der Waals surface area (Å²) in [5, 5.41) is 0.590. The molecule has 0 N–H and O–H groups in total. The second-order valence-corrected chi connectivity index (χ2v) is 11.0. The maximum absolute atomic E-state index is 15.1. The zero-order valence-electron chi connectivity index (χ0n) is 19.4. The van der Waals surface area contributed by atoms with E-state index in [9.17, 15) is 0 Å². The minimum Gasteiger partial charge on any atom is -0.204 e. The molecule has 0 spiro atoms. The molecule has 2 aliphatic carbocycles. The van der Waals surface area contributed by atoms with Gasteiger partial charge in [-0.1, -0.05) is 34.1 Å². The van der Waals surface area contributed by atoms with Crippen LogP contribution in [0.2, 0.25) is 0 Å². The Balaban J connectivity index is 2.00. The Labute approximate surface area is 184 Å². The van der Waals surface area contributed by atoms with Crippen LogP contribution in [0.3, 0.4) is 0 Å². The van der Waals surface area contributed by atoms with E-state index >= 15 is 8.78 Å². The van der Waals surface area contributed by atoms with E-state index in [-0.39, 0.29) is 11.8 Å². The van der Waals surface area contributed by atoms with E-state index in [0.717, 1.165) is 37.5 Å². The van der Waals surface area contributed by atoms with Gasteiger partial charge in [-0.25, -0.2) is 8.78 Å². The lowest BCUT2D eigenvalue weighted by Crippen LogP contribution is -2.26. The third-order valence-electron chi connectivity index (χ3n) is 7.77. The van der Waals surface area contributed by atoms with Crippen molar-refractivity contribution in [1.29, 1.82) is 0 Å². The van der Waals surface area contributed by atoms with E-state index in [1.165, 1.54) is 38.5 Å². The first-order valence-corrected chi connectivity index (χ1v) is 12.7. The average Bonchev–Trinajstić information content (AvgIpc) is 2.72. The first-order chi connectivity index (χ1) is 13.7. The summed E-state index contributed by atoms with van der Waals surface area (Å²) in [6.07, 6.45) is 12.1. The fourth-order valence-electron chi connectivity index (χ4n) is 5.57. The second kappa shape index (κ2) is 11.9. The van der Waals surface area contributed by atoms with Crippen LogP contribution in [0.4, 0.5) is 8.78 Å². The molecule has 0 bridgehead atoms. The van der Waals surface area contributed by atoms with Gasteiger partial charge in [-0.3, -0.25) is 0 Å². The van der Waals surface area contributed by atoms with Crippen LogP contribution in [0, 0.1) is 29.6 Å². The summed E-state index contributed by atoms with van der Waals surface area (Å²) >= 11 is 4.62. The molecule has 168 valence electrons. The summed E-state index contributed by atoms with van der Waals surface area (Å²) in [4.78, 5) is 0. The highest BCUT2D eigenvalue weighted by molar-refractivity contribution is 7.80. The molecule has 0 amide bonds. The highest BCUT2D eigenvalue weighted by Gasteiger charge is 2.32. The fraction of sp³-hybridized carbons (Fsp3) is 0.846. The van der Waals surface area contributed by atoms with Crippen molar-refractivity contribution in [2.45, 2.75) is 110 Å². The summed E-state index contributed by atoms with van der Waals surface area (Å²) in [5.74, 6) is 1.41. The summed E-state index contributed by atoms with van der Waals surface area (Å²) in [6.45, 7) is 10.2. The van der Waals surface area contributed by atoms with Gasteiger partial charge >= 0.3 is 0 Å². The van der Waals surface area contributed by atoms with E-state index in [4.69, 9.17) is 0 Å². The van der Waals surface area contributed by atoms with Crippen molar-refractivity contribution in [3.05, 3.63) is 22.8 Å². The lowest BCUT2D eigenvalue weighted by atomic mass is 9.69. The predicted molar refractivity (Wildman–Crippen MR) is 126 cm³/mol. The van der Waals surface area contributed by atoms with Gasteiger partial charge in [-0.05, 0) is 112 Å². The summed E-state index contributed by atoms with van der Waals surface area (Å²) in [7, 11) is 0. The van der Waals surface area contributed by atoms with Crippen molar-refractivity contribution in [3.63, 3.8) is 0 Å². The monoisotopic (exact) mass is 426 g/mol. The van der Waals surface area contributed by atoms with Crippen LogP contribution in [0.1, 0.15) is 105 Å². The topological polar surface area (TPSA) is 0 Å². The van der Waals surface area contributed by atoms with Crippen LogP contribution >= 0.6 is 12.6 Å². The van der Waals surface area contributed by atoms with Gasteiger partial charge in [0.2, 0.25) is 0 Å². The molecule has 0 radical (unpaired) electrons. The molecule has 3 heteroatoms. The maximum atomic E-state index is 15.1. The third kappa shape index (κ3) is 7.11. The molecule has 0 aliphatic heterocycles. The lowest BCUT2D eigenvalue weighted by Gasteiger charge is -2.37. The molecule has 1 atom stereocenters. The molecule has 0 heterocycles. The minimum atomic E-state index is -0.560. The first kappa shape index (κ1) is 25.0. The van der Waals surface area contributed by atoms with E-state index in [1.54, 1.807) is 0 Å². The van der Waals surface area contributed by atoms with E-state index in [2.05, 4.69) is 26.5 Å². The Hall–Kier alpha value is -0.310. The molecule has 2 rings (SSSR count).